The monoisotopic (exact) mass is 282 g/mol. The zero-order valence-corrected chi connectivity index (χ0v) is 12.3. The van der Waals surface area contributed by atoms with Gasteiger partial charge in [-0.25, -0.2) is 5.10 Å². The lowest BCUT2D eigenvalue weighted by Gasteiger charge is -2.32. The molecular weight excluding hydrogens is 260 g/mol. The van der Waals surface area contributed by atoms with Crippen LogP contribution in [0.1, 0.15) is 44.6 Å². The summed E-state index contributed by atoms with van der Waals surface area (Å²) in [5.74, 6) is 1.03. The normalized spacial score (nSPS) is 22.3. The van der Waals surface area contributed by atoms with Gasteiger partial charge < -0.3 is 9.64 Å². The summed E-state index contributed by atoms with van der Waals surface area (Å²) in [7, 11) is 1.80. The third-order valence-electron chi connectivity index (χ3n) is 4.43. The molecule has 1 aliphatic carbocycles. The zero-order chi connectivity index (χ0) is 13.2. The highest BCUT2D eigenvalue weighted by atomic mass is 32.1. The number of methoxy groups -OCH3 is 1. The smallest absolute Gasteiger partial charge is 0.225 e. The van der Waals surface area contributed by atoms with E-state index in [4.69, 9.17) is 17.0 Å². The van der Waals surface area contributed by atoms with Gasteiger partial charge in [-0.15, -0.1) is 5.10 Å². The van der Waals surface area contributed by atoms with Gasteiger partial charge in [0.05, 0.1) is 6.10 Å². The number of H-pyrrole nitrogens is 1. The van der Waals surface area contributed by atoms with Gasteiger partial charge in [-0.3, -0.25) is 4.57 Å². The lowest BCUT2D eigenvalue weighted by Crippen LogP contribution is -2.38. The molecule has 0 amide bonds. The number of nitrogens with one attached hydrogen (secondary N) is 1. The summed E-state index contributed by atoms with van der Waals surface area (Å²) < 4.78 is 8.45. The first-order chi connectivity index (χ1) is 9.29. The molecule has 0 aromatic carbocycles. The molecule has 0 spiro atoms. The number of hydrogen-bond acceptors (Lipinski definition) is 4. The quantitative estimate of drug-likeness (QED) is 0.866. The van der Waals surface area contributed by atoms with E-state index >= 15 is 0 Å². The maximum Gasteiger partial charge on any atom is 0.225 e. The topological polar surface area (TPSA) is 46.1 Å². The summed E-state index contributed by atoms with van der Waals surface area (Å²) in [6.45, 7) is 2.01. The summed E-state index contributed by atoms with van der Waals surface area (Å²) in [6.07, 6.45) is 7.62. The van der Waals surface area contributed by atoms with Crippen molar-refractivity contribution in [2.75, 3.05) is 25.1 Å². The van der Waals surface area contributed by atoms with Gasteiger partial charge in [-0.1, -0.05) is 12.8 Å². The van der Waals surface area contributed by atoms with E-state index in [1.54, 1.807) is 7.11 Å². The Balaban J connectivity index is 1.79. The van der Waals surface area contributed by atoms with Crippen LogP contribution in [0.15, 0.2) is 0 Å². The molecule has 1 aliphatic heterocycles. The largest absolute Gasteiger partial charge is 0.381 e. The molecule has 3 rings (SSSR count). The summed E-state index contributed by atoms with van der Waals surface area (Å²) in [4.78, 5) is 2.35. The second kappa shape index (κ2) is 5.63. The molecule has 1 aromatic rings. The second-order valence-electron chi connectivity index (χ2n) is 5.56. The van der Waals surface area contributed by atoms with Gasteiger partial charge in [-0.05, 0) is 37.9 Å². The molecule has 0 unspecified atom stereocenters. The average molecular weight is 282 g/mol. The van der Waals surface area contributed by atoms with Crippen molar-refractivity contribution < 1.29 is 4.74 Å². The summed E-state index contributed by atoms with van der Waals surface area (Å²) in [6, 6.07) is 0.543. The predicted octanol–water partition coefficient (Wildman–Crippen LogP) is 2.67. The first kappa shape index (κ1) is 13.1. The van der Waals surface area contributed by atoms with Gasteiger partial charge in [0.25, 0.3) is 0 Å². The minimum atomic E-state index is 0.401. The van der Waals surface area contributed by atoms with Gasteiger partial charge >= 0.3 is 0 Å². The molecule has 1 saturated heterocycles. The molecule has 1 saturated carbocycles. The number of aromatic nitrogens is 3. The number of rotatable bonds is 3. The van der Waals surface area contributed by atoms with E-state index in [1.165, 1.54) is 25.7 Å². The Morgan fingerprint density at radius 2 is 1.89 bits per heavy atom. The Morgan fingerprint density at radius 3 is 2.53 bits per heavy atom. The van der Waals surface area contributed by atoms with E-state index in [0.29, 0.717) is 12.1 Å². The minimum absolute atomic E-state index is 0.401. The van der Waals surface area contributed by atoms with Crippen LogP contribution in [0.3, 0.4) is 0 Å². The van der Waals surface area contributed by atoms with Crippen LogP contribution in [-0.4, -0.2) is 41.1 Å². The van der Waals surface area contributed by atoms with Crippen molar-refractivity contribution in [3.05, 3.63) is 4.77 Å². The minimum Gasteiger partial charge on any atom is -0.381 e. The van der Waals surface area contributed by atoms with Crippen molar-refractivity contribution in [1.82, 2.24) is 14.8 Å². The van der Waals surface area contributed by atoms with Crippen LogP contribution in [0.25, 0.3) is 0 Å². The highest BCUT2D eigenvalue weighted by Crippen LogP contribution is 2.33. The first-order valence-corrected chi connectivity index (χ1v) is 7.65. The van der Waals surface area contributed by atoms with Gasteiger partial charge in [0, 0.05) is 26.2 Å². The van der Waals surface area contributed by atoms with Crippen LogP contribution in [0, 0.1) is 4.77 Å². The predicted molar refractivity (Wildman–Crippen MR) is 77.2 cm³/mol. The molecule has 2 aliphatic rings. The Morgan fingerprint density at radius 1 is 1.21 bits per heavy atom. The van der Waals surface area contributed by atoms with E-state index in [2.05, 4.69) is 19.7 Å². The van der Waals surface area contributed by atoms with Gasteiger partial charge in [0.1, 0.15) is 0 Å². The van der Waals surface area contributed by atoms with E-state index in [0.717, 1.165) is 36.7 Å². The molecule has 0 radical (unpaired) electrons. The molecule has 5 nitrogen and oxygen atoms in total. The molecule has 1 N–H and O–H groups in total. The van der Waals surface area contributed by atoms with E-state index in [1.807, 2.05) is 0 Å². The summed E-state index contributed by atoms with van der Waals surface area (Å²) >= 11 is 5.42. The molecule has 6 heteroatoms. The Kier molecular flexibility index (Phi) is 3.88. The fourth-order valence-corrected chi connectivity index (χ4v) is 3.58. The summed E-state index contributed by atoms with van der Waals surface area (Å²) in [5.41, 5.74) is 0. The maximum atomic E-state index is 5.43. The van der Waals surface area contributed by atoms with Crippen molar-refractivity contribution in [2.24, 2.45) is 0 Å². The Hall–Kier alpha value is -0.880. The lowest BCUT2D eigenvalue weighted by molar-refractivity contribution is 0.0815. The van der Waals surface area contributed by atoms with Crippen LogP contribution in [0.4, 0.5) is 5.95 Å². The SMILES string of the molecule is COC1CCN(c2n[nH]c(=S)n2C2CCCC2)CC1. The molecule has 1 aromatic heterocycles. The molecule has 106 valence electrons. The van der Waals surface area contributed by atoms with E-state index < -0.39 is 0 Å². The van der Waals surface area contributed by atoms with Gasteiger partial charge in [0.15, 0.2) is 4.77 Å². The molecule has 19 heavy (non-hydrogen) atoms. The van der Waals surface area contributed by atoms with Crippen molar-refractivity contribution in [3.63, 3.8) is 0 Å². The van der Waals surface area contributed by atoms with Crippen LogP contribution < -0.4 is 4.90 Å². The van der Waals surface area contributed by atoms with E-state index in [9.17, 15) is 0 Å². The third kappa shape index (κ3) is 2.56. The van der Waals surface area contributed by atoms with Crippen LogP contribution >= 0.6 is 12.2 Å². The Bertz CT molecular complexity index is 469. The van der Waals surface area contributed by atoms with Crippen LogP contribution in [-0.2, 0) is 4.74 Å². The first-order valence-electron chi connectivity index (χ1n) is 7.24. The number of ether oxygens (including phenoxy) is 1. The molecular formula is C13H22N4OS. The third-order valence-corrected chi connectivity index (χ3v) is 4.72. The van der Waals surface area contributed by atoms with E-state index in [-0.39, 0.29) is 0 Å². The number of nitrogens with zero attached hydrogens (tertiary/aromatic N) is 3. The highest BCUT2D eigenvalue weighted by Gasteiger charge is 2.26. The van der Waals surface area contributed by atoms with Crippen molar-refractivity contribution in [3.8, 4) is 0 Å². The lowest BCUT2D eigenvalue weighted by atomic mass is 10.1. The van der Waals surface area contributed by atoms with Crippen molar-refractivity contribution in [2.45, 2.75) is 50.7 Å². The maximum absolute atomic E-state index is 5.43. The highest BCUT2D eigenvalue weighted by molar-refractivity contribution is 7.71. The number of anilines is 1. The van der Waals surface area contributed by atoms with Crippen LogP contribution in [0.2, 0.25) is 0 Å². The standard InChI is InChI=1S/C13H22N4OS/c1-18-11-6-8-16(9-7-11)12-14-15-13(19)17(12)10-4-2-3-5-10/h10-11H,2-9H2,1H3,(H,15,19). The van der Waals surface area contributed by atoms with Crippen LogP contribution in [0.5, 0.6) is 0 Å². The number of aromatic amines is 1. The average Bonchev–Trinajstić information content (AvgIpc) is 3.08. The molecule has 2 heterocycles. The fraction of sp³-hybridized carbons (Fsp3) is 0.846. The number of hydrogen-bond donors (Lipinski definition) is 1. The van der Waals surface area contributed by atoms with Crippen molar-refractivity contribution in [1.29, 1.82) is 0 Å². The zero-order valence-electron chi connectivity index (χ0n) is 11.5. The molecule has 0 bridgehead atoms. The fourth-order valence-electron chi connectivity index (χ4n) is 3.30. The number of piperidine rings is 1. The van der Waals surface area contributed by atoms with Gasteiger partial charge in [-0.2, -0.15) is 0 Å². The Labute approximate surface area is 118 Å². The molecule has 2 fully saturated rings. The second-order valence-corrected chi connectivity index (χ2v) is 5.95. The van der Waals surface area contributed by atoms with Gasteiger partial charge in [0.2, 0.25) is 5.95 Å². The molecule has 0 atom stereocenters. The van der Waals surface area contributed by atoms with Crippen molar-refractivity contribution >= 4 is 18.2 Å². The summed E-state index contributed by atoms with van der Waals surface area (Å²) in [5, 5.41) is 7.45.